The van der Waals surface area contributed by atoms with Gasteiger partial charge < -0.3 is 10.6 Å². The number of carbonyl (C=O) groups excluding carboxylic acids is 1. The summed E-state index contributed by atoms with van der Waals surface area (Å²) in [6.45, 7) is 5.36. The molecule has 5 aromatic rings. The van der Waals surface area contributed by atoms with E-state index in [0.717, 1.165) is 23.5 Å². The number of aryl methyl sites for hydroxylation is 3. The van der Waals surface area contributed by atoms with Crippen LogP contribution in [0, 0.1) is 20.8 Å². The van der Waals surface area contributed by atoms with E-state index in [2.05, 4.69) is 30.6 Å². The molecule has 0 aliphatic rings. The number of pyridine rings is 1. The van der Waals surface area contributed by atoms with Crippen LogP contribution < -0.4 is 16.3 Å². The van der Waals surface area contributed by atoms with E-state index in [0.29, 0.717) is 22.3 Å². The Balaban J connectivity index is 1.47. The van der Waals surface area contributed by atoms with E-state index in [9.17, 15) is 22.8 Å². The normalized spacial score (nSPS) is 11.4. The summed E-state index contributed by atoms with van der Waals surface area (Å²) in [5.41, 5.74) is 2.02. The smallest absolute Gasteiger partial charge is 0.324 e. The van der Waals surface area contributed by atoms with Crippen LogP contribution in [-0.4, -0.2) is 30.4 Å². The monoisotopic (exact) mass is 545 g/mol. The molecule has 0 bridgehead atoms. The molecule has 0 unspecified atom stereocenters. The van der Waals surface area contributed by atoms with Crippen molar-refractivity contribution < 1.29 is 18.0 Å². The van der Waals surface area contributed by atoms with E-state index in [1.54, 1.807) is 50.5 Å². The van der Waals surface area contributed by atoms with E-state index >= 15 is 0 Å². The molecule has 0 saturated heterocycles. The first-order valence-corrected chi connectivity index (χ1v) is 12.1. The summed E-state index contributed by atoms with van der Waals surface area (Å²) < 4.78 is 40.6. The molecule has 0 radical (unpaired) electrons. The average molecular weight is 546 g/mol. The lowest BCUT2D eigenvalue weighted by molar-refractivity contribution is -0.137. The lowest BCUT2D eigenvalue weighted by Gasteiger charge is -2.16. The molecule has 0 aliphatic carbocycles. The molecule has 2 aromatic carbocycles. The van der Waals surface area contributed by atoms with Gasteiger partial charge >= 0.3 is 11.9 Å². The summed E-state index contributed by atoms with van der Waals surface area (Å²) in [5.74, 6) is -0.461. The van der Waals surface area contributed by atoms with Crippen molar-refractivity contribution in [2.45, 2.75) is 26.9 Å². The summed E-state index contributed by atoms with van der Waals surface area (Å²) in [5, 5.41) is 6.21. The largest absolute Gasteiger partial charge is 0.416 e. The zero-order valence-corrected chi connectivity index (χ0v) is 21.5. The highest BCUT2D eigenvalue weighted by Gasteiger charge is 2.31. The number of halogens is 3. The zero-order valence-electron chi connectivity index (χ0n) is 21.5. The molecule has 12 heteroatoms. The first-order valence-electron chi connectivity index (χ1n) is 12.1. The van der Waals surface area contributed by atoms with Gasteiger partial charge in [-0.05, 0) is 68.8 Å². The van der Waals surface area contributed by atoms with Crippen LogP contribution in [0.1, 0.15) is 32.9 Å². The Hall–Kier alpha value is -5.13. The Kier molecular flexibility index (Phi) is 6.76. The van der Waals surface area contributed by atoms with Gasteiger partial charge in [-0.15, -0.1) is 0 Å². The number of fused-ring (bicyclic) bond motifs is 1. The molecule has 3 aromatic heterocycles. The minimum absolute atomic E-state index is 0.152. The molecule has 3 heterocycles. The van der Waals surface area contributed by atoms with Crippen LogP contribution in [-0.2, 0) is 6.18 Å². The number of aromatic nitrogens is 5. The van der Waals surface area contributed by atoms with Gasteiger partial charge in [0.05, 0.1) is 16.6 Å². The Bertz CT molecular complexity index is 1830. The van der Waals surface area contributed by atoms with Crippen molar-refractivity contribution in [3.63, 3.8) is 0 Å². The van der Waals surface area contributed by atoms with Crippen LogP contribution in [0.3, 0.4) is 0 Å². The van der Waals surface area contributed by atoms with Crippen LogP contribution in [0.5, 0.6) is 0 Å². The minimum Gasteiger partial charge on any atom is -0.324 e. The fourth-order valence-corrected chi connectivity index (χ4v) is 4.18. The van der Waals surface area contributed by atoms with Crippen LogP contribution in [0.15, 0.2) is 71.8 Å². The summed E-state index contributed by atoms with van der Waals surface area (Å²) in [6.07, 6.45) is -1.36. The number of benzene rings is 2. The molecule has 40 heavy (non-hydrogen) atoms. The van der Waals surface area contributed by atoms with Gasteiger partial charge in [-0.1, -0.05) is 12.1 Å². The van der Waals surface area contributed by atoms with Crippen molar-refractivity contribution in [2.24, 2.45) is 0 Å². The second-order valence-corrected chi connectivity index (χ2v) is 9.09. The van der Waals surface area contributed by atoms with E-state index < -0.39 is 23.3 Å². The lowest BCUT2D eigenvalue weighted by Crippen LogP contribution is -2.25. The zero-order chi connectivity index (χ0) is 28.6. The fraction of sp³-hybridized carbons (Fsp3) is 0.143. The highest BCUT2D eigenvalue weighted by molar-refractivity contribution is 6.04. The number of hydrogen-bond acceptors (Lipinski definition) is 7. The molecule has 0 saturated carbocycles. The number of nitrogens with zero attached hydrogens (tertiary/aromatic N) is 5. The van der Waals surface area contributed by atoms with Gasteiger partial charge in [-0.25, -0.2) is 9.78 Å². The Morgan fingerprint density at radius 1 is 0.925 bits per heavy atom. The summed E-state index contributed by atoms with van der Waals surface area (Å²) in [6, 6.07) is 12.6. The SMILES string of the molecule is Cc1cc(Nc2ncc3c(C)n(-c4cc(NC(=O)c5cccc(C(F)(F)F)c5)ccc4C)c(=O)nc3n2)ccn1. The number of anilines is 3. The van der Waals surface area contributed by atoms with Crippen LogP contribution in [0.4, 0.5) is 30.5 Å². The highest BCUT2D eigenvalue weighted by atomic mass is 19.4. The van der Waals surface area contributed by atoms with Crippen molar-refractivity contribution in [3.05, 3.63) is 106 Å². The second kappa shape index (κ2) is 10.2. The third kappa shape index (κ3) is 5.37. The van der Waals surface area contributed by atoms with Gasteiger partial charge in [0.15, 0.2) is 5.65 Å². The van der Waals surface area contributed by atoms with Gasteiger partial charge in [-0.3, -0.25) is 14.3 Å². The minimum atomic E-state index is -4.58. The maximum Gasteiger partial charge on any atom is 0.416 e. The standard InChI is InChI=1S/C28H22F3N7O2/c1-15-7-8-20(34-25(39)18-5-4-6-19(12-18)28(29,30)31)13-23(15)38-17(3)22-14-33-26(36-24(22)37-27(38)40)35-21-9-10-32-16(2)11-21/h4-14H,1-3H3,(H,34,39)(H,32,35,36,37,40). The van der Waals surface area contributed by atoms with E-state index in [1.807, 2.05) is 13.0 Å². The molecular weight excluding hydrogens is 523 g/mol. The number of nitrogens with one attached hydrogen (secondary N) is 2. The third-order valence-electron chi connectivity index (χ3n) is 6.20. The lowest BCUT2D eigenvalue weighted by atomic mass is 10.1. The average Bonchev–Trinajstić information content (AvgIpc) is 2.90. The molecule has 0 aliphatic heterocycles. The molecule has 202 valence electrons. The summed E-state index contributed by atoms with van der Waals surface area (Å²) in [7, 11) is 0. The maximum absolute atomic E-state index is 13.2. The van der Waals surface area contributed by atoms with Crippen LogP contribution in [0.25, 0.3) is 16.7 Å². The van der Waals surface area contributed by atoms with Crippen molar-refractivity contribution in [3.8, 4) is 5.69 Å². The summed E-state index contributed by atoms with van der Waals surface area (Å²) >= 11 is 0. The molecule has 0 fully saturated rings. The van der Waals surface area contributed by atoms with Gasteiger partial charge in [0.25, 0.3) is 5.91 Å². The van der Waals surface area contributed by atoms with E-state index in [-0.39, 0.29) is 22.8 Å². The predicted molar refractivity (Wildman–Crippen MR) is 144 cm³/mol. The number of hydrogen-bond donors (Lipinski definition) is 2. The van der Waals surface area contributed by atoms with Crippen LogP contribution >= 0.6 is 0 Å². The van der Waals surface area contributed by atoms with Crippen molar-refractivity contribution in [1.82, 2.24) is 24.5 Å². The third-order valence-corrected chi connectivity index (χ3v) is 6.20. The van der Waals surface area contributed by atoms with Crippen molar-refractivity contribution >= 4 is 34.3 Å². The Morgan fingerprint density at radius 3 is 2.48 bits per heavy atom. The molecule has 2 N–H and O–H groups in total. The van der Waals surface area contributed by atoms with E-state index in [1.165, 1.54) is 16.7 Å². The predicted octanol–water partition coefficient (Wildman–Crippen LogP) is 5.51. The van der Waals surface area contributed by atoms with Gasteiger partial charge in [0.1, 0.15) is 0 Å². The number of alkyl halides is 3. The molecule has 1 amide bonds. The van der Waals surface area contributed by atoms with Crippen molar-refractivity contribution in [1.29, 1.82) is 0 Å². The second-order valence-electron chi connectivity index (χ2n) is 9.09. The number of carbonyl (C=O) groups is 1. The Labute approximate surface area is 225 Å². The summed E-state index contributed by atoms with van der Waals surface area (Å²) in [4.78, 5) is 43.0. The molecule has 9 nitrogen and oxygen atoms in total. The first kappa shape index (κ1) is 26.5. The van der Waals surface area contributed by atoms with Crippen molar-refractivity contribution in [2.75, 3.05) is 10.6 Å². The topological polar surface area (TPSA) is 115 Å². The van der Waals surface area contributed by atoms with Gasteiger partial charge in [-0.2, -0.15) is 23.1 Å². The number of rotatable bonds is 5. The molecule has 0 spiro atoms. The quantitative estimate of drug-likeness (QED) is 0.299. The fourth-order valence-electron chi connectivity index (χ4n) is 4.18. The first-order chi connectivity index (χ1) is 19.0. The molecule has 5 rings (SSSR count). The maximum atomic E-state index is 13.2. The highest BCUT2D eigenvalue weighted by Crippen LogP contribution is 2.30. The number of amides is 1. The Morgan fingerprint density at radius 2 is 1.73 bits per heavy atom. The van der Waals surface area contributed by atoms with Gasteiger partial charge in [0, 0.05) is 40.7 Å². The van der Waals surface area contributed by atoms with Crippen LogP contribution in [0.2, 0.25) is 0 Å². The van der Waals surface area contributed by atoms with Gasteiger partial charge in [0.2, 0.25) is 5.95 Å². The molecule has 0 atom stereocenters. The molecular formula is C28H22F3N7O2. The van der Waals surface area contributed by atoms with E-state index in [4.69, 9.17) is 0 Å².